The lowest BCUT2D eigenvalue weighted by Gasteiger charge is -2.16. The summed E-state index contributed by atoms with van der Waals surface area (Å²) < 4.78 is 41.1. The van der Waals surface area contributed by atoms with Crippen LogP contribution in [0, 0.1) is 10.1 Å². The molecule has 0 saturated carbocycles. The molecule has 8 heteroatoms. The third-order valence-electron chi connectivity index (χ3n) is 2.90. The number of ether oxygens (including phenoxy) is 1. The molecule has 0 bridgehead atoms. The number of hydrogen-bond acceptors (Lipinski definition) is 4. The molecule has 0 amide bonds. The first-order valence-electron chi connectivity index (χ1n) is 6.38. The van der Waals surface area contributed by atoms with E-state index < -0.39 is 17.5 Å². The molecule has 0 heterocycles. The van der Waals surface area contributed by atoms with E-state index in [9.17, 15) is 23.3 Å². The summed E-state index contributed by atoms with van der Waals surface area (Å²) in [4.78, 5) is 10.4. The van der Waals surface area contributed by atoms with Crippen LogP contribution in [0.15, 0.2) is 18.2 Å². The molecule has 1 unspecified atom stereocenters. The number of nitrogens with one attached hydrogen (secondary N) is 1. The number of hydrogen-bond donors (Lipinski definition) is 1. The van der Waals surface area contributed by atoms with E-state index in [1.807, 2.05) is 0 Å². The molecule has 1 N–H and O–H groups in total. The Balaban J connectivity index is 2.67. The minimum Gasteiger partial charge on any atom is -0.496 e. The third-order valence-corrected chi connectivity index (χ3v) is 2.90. The highest BCUT2D eigenvalue weighted by Crippen LogP contribution is 2.30. The molecular weight excluding hydrogens is 289 g/mol. The maximum atomic E-state index is 12.1. The number of benzene rings is 1. The minimum absolute atomic E-state index is 0.0262. The topological polar surface area (TPSA) is 64.4 Å². The summed E-state index contributed by atoms with van der Waals surface area (Å²) in [6, 6.07) is 4.00. The van der Waals surface area contributed by atoms with Crippen LogP contribution in [0.25, 0.3) is 0 Å². The molecule has 0 spiro atoms. The molecule has 0 aliphatic carbocycles. The van der Waals surface area contributed by atoms with Crippen molar-refractivity contribution in [1.29, 1.82) is 0 Å². The van der Waals surface area contributed by atoms with Gasteiger partial charge in [0, 0.05) is 12.5 Å². The predicted molar refractivity (Wildman–Crippen MR) is 72.6 cm³/mol. The van der Waals surface area contributed by atoms with Gasteiger partial charge in [0.15, 0.2) is 0 Å². The SMILES string of the molecule is COc1ccc(NC(C)CCCC(F)(F)F)c([N+](=O)[O-])c1. The summed E-state index contributed by atoms with van der Waals surface area (Å²) in [5.41, 5.74) is 0.0948. The van der Waals surface area contributed by atoms with Crippen molar-refractivity contribution in [2.45, 2.75) is 38.4 Å². The largest absolute Gasteiger partial charge is 0.496 e. The molecule has 1 aromatic carbocycles. The number of alkyl halides is 3. The van der Waals surface area contributed by atoms with E-state index in [2.05, 4.69) is 5.32 Å². The molecule has 0 saturated heterocycles. The Bertz CT molecular complexity index is 492. The Morgan fingerprint density at radius 2 is 2.10 bits per heavy atom. The second kappa shape index (κ2) is 7.14. The molecular formula is C13H17F3N2O3. The van der Waals surface area contributed by atoms with Crippen LogP contribution in [0.4, 0.5) is 24.5 Å². The fourth-order valence-electron chi connectivity index (χ4n) is 1.86. The van der Waals surface area contributed by atoms with Crippen LogP contribution in [-0.4, -0.2) is 24.3 Å². The molecule has 1 rings (SSSR count). The van der Waals surface area contributed by atoms with E-state index in [4.69, 9.17) is 4.74 Å². The van der Waals surface area contributed by atoms with Crippen molar-refractivity contribution in [3.8, 4) is 5.75 Å². The normalized spacial score (nSPS) is 12.8. The number of nitrogens with zero attached hydrogens (tertiary/aromatic N) is 1. The van der Waals surface area contributed by atoms with Crippen LogP contribution in [0.2, 0.25) is 0 Å². The Morgan fingerprint density at radius 3 is 2.62 bits per heavy atom. The predicted octanol–water partition coefficient (Wildman–Crippen LogP) is 4.14. The van der Waals surface area contributed by atoms with Gasteiger partial charge in [0.1, 0.15) is 11.4 Å². The highest BCUT2D eigenvalue weighted by atomic mass is 19.4. The smallest absolute Gasteiger partial charge is 0.389 e. The van der Waals surface area contributed by atoms with E-state index in [-0.39, 0.29) is 30.3 Å². The van der Waals surface area contributed by atoms with Gasteiger partial charge >= 0.3 is 6.18 Å². The quantitative estimate of drug-likeness (QED) is 0.607. The van der Waals surface area contributed by atoms with Crippen molar-refractivity contribution in [3.05, 3.63) is 28.3 Å². The number of nitro benzene ring substituents is 1. The van der Waals surface area contributed by atoms with Gasteiger partial charge in [0.2, 0.25) is 0 Å². The minimum atomic E-state index is -4.17. The van der Waals surface area contributed by atoms with Crippen LogP contribution in [0.1, 0.15) is 26.2 Å². The van der Waals surface area contributed by atoms with Gasteiger partial charge in [-0.3, -0.25) is 10.1 Å². The van der Waals surface area contributed by atoms with E-state index in [0.29, 0.717) is 5.75 Å². The Kier molecular flexibility index (Phi) is 5.80. The summed E-state index contributed by atoms with van der Waals surface area (Å²) >= 11 is 0. The summed E-state index contributed by atoms with van der Waals surface area (Å²) in [5.74, 6) is 0.344. The zero-order chi connectivity index (χ0) is 16.0. The van der Waals surface area contributed by atoms with Gasteiger partial charge in [-0.25, -0.2) is 0 Å². The number of halogens is 3. The van der Waals surface area contributed by atoms with E-state index in [1.54, 1.807) is 13.0 Å². The highest BCUT2D eigenvalue weighted by molar-refractivity contribution is 5.64. The van der Waals surface area contributed by atoms with Crippen molar-refractivity contribution < 1.29 is 22.8 Å². The average Bonchev–Trinajstić information content (AvgIpc) is 2.37. The van der Waals surface area contributed by atoms with Crippen molar-refractivity contribution >= 4 is 11.4 Å². The fraction of sp³-hybridized carbons (Fsp3) is 0.538. The molecule has 1 atom stereocenters. The molecule has 0 aromatic heterocycles. The number of rotatable bonds is 7. The summed E-state index contributed by atoms with van der Waals surface area (Å²) in [7, 11) is 1.39. The summed E-state index contributed by atoms with van der Waals surface area (Å²) in [6.07, 6.45) is -4.79. The zero-order valence-electron chi connectivity index (χ0n) is 11.7. The second-order valence-electron chi connectivity index (χ2n) is 4.69. The van der Waals surface area contributed by atoms with Gasteiger partial charge in [-0.2, -0.15) is 13.2 Å². The zero-order valence-corrected chi connectivity index (χ0v) is 11.7. The van der Waals surface area contributed by atoms with Gasteiger partial charge in [-0.15, -0.1) is 0 Å². The van der Waals surface area contributed by atoms with Crippen LogP contribution < -0.4 is 10.1 Å². The third kappa shape index (κ3) is 5.88. The molecule has 0 aliphatic rings. The van der Waals surface area contributed by atoms with Gasteiger partial charge in [0.05, 0.1) is 18.1 Å². The Morgan fingerprint density at radius 1 is 1.43 bits per heavy atom. The lowest BCUT2D eigenvalue weighted by molar-refractivity contribution is -0.384. The van der Waals surface area contributed by atoms with Gasteiger partial charge in [-0.05, 0) is 31.9 Å². The van der Waals surface area contributed by atoms with Gasteiger partial charge < -0.3 is 10.1 Å². The first-order chi connectivity index (χ1) is 9.73. The number of nitro groups is 1. The number of methoxy groups -OCH3 is 1. The lowest BCUT2D eigenvalue weighted by atomic mass is 10.1. The molecule has 21 heavy (non-hydrogen) atoms. The van der Waals surface area contributed by atoms with Gasteiger partial charge in [0.25, 0.3) is 5.69 Å². The van der Waals surface area contributed by atoms with Crippen LogP contribution in [-0.2, 0) is 0 Å². The Hall–Kier alpha value is -1.99. The standard InChI is InChI=1S/C13H17F3N2O3/c1-9(4-3-7-13(14,15)16)17-11-6-5-10(21-2)8-12(11)18(19)20/h5-6,8-9,17H,3-4,7H2,1-2H3. The first kappa shape index (κ1) is 17.1. The Labute approximate surface area is 120 Å². The molecule has 0 fully saturated rings. The molecule has 118 valence electrons. The molecule has 5 nitrogen and oxygen atoms in total. The van der Waals surface area contributed by atoms with E-state index in [0.717, 1.165) is 0 Å². The fourth-order valence-corrected chi connectivity index (χ4v) is 1.86. The second-order valence-corrected chi connectivity index (χ2v) is 4.69. The maximum absolute atomic E-state index is 12.1. The first-order valence-corrected chi connectivity index (χ1v) is 6.38. The van der Waals surface area contributed by atoms with Crippen molar-refractivity contribution in [1.82, 2.24) is 0 Å². The van der Waals surface area contributed by atoms with E-state index in [1.165, 1.54) is 19.2 Å². The molecule has 0 radical (unpaired) electrons. The average molecular weight is 306 g/mol. The lowest BCUT2D eigenvalue weighted by Crippen LogP contribution is -2.17. The van der Waals surface area contributed by atoms with Crippen molar-refractivity contribution in [2.24, 2.45) is 0 Å². The highest BCUT2D eigenvalue weighted by Gasteiger charge is 2.26. The van der Waals surface area contributed by atoms with Crippen LogP contribution in [0.5, 0.6) is 5.75 Å². The monoisotopic (exact) mass is 306 g/mol. The molecule has 1 aromatic rings. The van der Waals surface area contributed by atoms with E-state index >= 15 is 0 Å². The number of anilines is 1. The van der Waals surface area contributed by atoms with Crippen molar-refractivity contribution in [3.63, 3.8) is 0 Å². The van der Waals surface area contributed by atoms with Crippen molar-refractivity contribution in [2.75, 3.05) is 12.4 Å². The molecule has 0 aliphatic heterocycles. The summed E-state index contributed by atoms with van der Waals surface area (Å²) in [6.45, 7) is 1.68. The summed E-state index contributed by atoms with van der Waals surface area (Å²) in [5, 5.41) is 13.8. The van der Waals surface area contributed by atoms with Crippen LogP contribution in [0.3, 0.4) is 0 Å². The van der Waals surface area contributed by atoms with Gasteiger partial charge in [-0.1, -0.05) is 0 Å². The maximum Gasteiger partial charge on any atom is 0.389 e. The van der Waals surface area contributed by atoms with Crippen LogP contribution >= 0.6 is 0 Å².